The maximum atomic E-state index is 12.9. The number of rotatable bonds is 4. The van der Waals surface area contributed by atoms with Gasteiger partial charge in [-0.2, -0.15) is 0 Å². The van der Waals surface area contributed by atoms with Gasteiger partial charge in [0.1, 0.15) is 11.8 Å². The van der Waals surface area contributed by atoms with Crippen molar-refractivity contribution in [3.05, 3.63) is 59.7 Å². The van der Waals surface area contributed by atoms with E-state index in [0.717, 1.165) is 17.0 Å². The topological polar surface area (TPSA) is 49.9 Å². The molecule has 1 heterocycles. The summed E-state index contributed by atoms with van der Waals surface area (Å²) in [6, 6.07) is 14.5. The second-order valence-corrected chi connectivity index (χ2v) is 6.46. The van der Waals surface area contributed by atoms with Crippen LogP contribution in [0.5, 0.6) is 5.75 Å². The first-order valence-corrected chi connectivity index (χ1v) is 8.93. The van der Waals surface area contributed by atoms with Gasteiger partial charge in [0, 0.05) is 24.3 Å². The van der Waals surface area contributed by atoms with Crippen LogP contribution in [0, 0.1) is 6.92 Å². The van der Waals surface area contributed by atoms with Crippen LogP contribution >= 0.6 is 0 Å². The number of aryl methyl sites for hydroxylation is 1. The average molecular weight is 352 g/mol. The van der Waals surface area contributed by atoms with Crippen molar-refractivity contribution in [1.29, 1.82) is 0 Å². The van der Waals surface area contributed by atoms with Crippen LogP contribution in [-0.4, -0.2) is 42.5 Å². The lowest BCUT2D eigenvalue weighted by atomic mass is 10.1. The Kier molecular flexibility index (Phi) is 5.26. The highest BCUT2D eigenvalue weighted by molar-refractivity contribution is 6.03. The quantitative estimate of drug-likeness (QED) is 0.848. The lowest BCUT2D eigenvalue weighted by molar-refractivity contribution is -0.124. The lowest BCUT2D eigenvalue weighted by Crippen LogP contribution is -2.57. The molecule has 3 rings (SSSR count). The van der Waals surface area contributed by atoms with E-state index in [1.165, 1.54) is 0 Å². The molecule has 0 aromatic heterocycles. The normalized spacial score (nSPS) is 17.3. The minimum absolute atomic E-state index is 0.0681. The molecule has 0 aliphatic carbocycles. The molecule has 26 heavy (non-hydrogen) atoms. The molecule has 1 fully saturated rings. The Morgan fingerprint density at radius 3 is 2.54 bits per heavy atom. The summed E-state index contributed by atoms with van der Waals surface area (Å²) >= 11 is 0. The summed E-state index contributed by atoms with van der Waals surface area (Å²) < 4.78 is 5.45. The zero-order valence-corrected chi connectivity index (χ0v) is 15.4. The summed E-state index contributed by atoms with van der Waals surface area (Å²) in [5.41, 5.74) is 2.48. The minimum Gasteiger partial charge on any atom is -0.494 e. The number of benzene rings is 2. The molecule has 0 saturated carbocycles. The van der Waals surface area contributed by atoms with Gasteiger partial charge in [0.05, 0.1) is 6.61 Å². The fourth-order valence-electron chi connectivity index (χ4n) is 3.24. The fraction of sp³-hybridized carbons (Fsp3) is 0.333. The summed E-state index contributed by atoms with van der Waals surface area (Å²) in [4.78, 5) is 29.0. The first-order valence-electron chi connectivity index (χ1n) is 8.93. The Labute approximate surface area is 154 Å². The molecule has 136 valence electrons. The number of carbonyl (C=O) groups excluding carboxylic acids is 2. The Bertz CT molecular complexity index is 801. The van der Waals surface area contributed by atoms with Gasteiger partial charge in [-0.15, -0.1) is 0 Å². The van der Waals surface area contributed by atoms with Gasteiger partial charge < -0.3 is 14.5 Å². The van der Waals surface area contributed by atoms with Gasteiger partial charge in [0.15, 0.2) is 0 Å². The molecule has 2 amide bonds. The van der Waals surface area contributed by atoms with Crippen LogP contribution in [0.1, 0.15) is 29.8 Å². The molecule has 0 bridgehead atoms. The van der Waals surface area contributed by atoms with Crippen molar-refractivity contribution in [3.63, 3.8) is 0 Å². The van der Waals surface area contributed by atoms with Gasteiger partial charge in [-0.3, -0.25) is 9.59 Å². The summed E-state index contributed by atoms with van der Waals surface area (Å²) in [6.45, 7) is 7.27. The van der Waals surface area contributed by atoms with Crippen LogP contribution in [0.3, 0.4) is 0 Å². The number of amides is 2. The summed E-state index contributed by atoms with van der Waals surface area (Å²) in [5.74, 6) is 0.618. The fourth-order valence-corrected chi connectivity index (χ4v) is 3.24. The minimum atomic E-state index is -0.497. The third-order valence-electron chi connectivity index (χ3n) is 4.64. The molecule has 0 N–H and O–H groups in total. The van der Waals surface area contributed by atoms with Crippen LogP contribution in [0.25, 0.3) is 0 Å². The zero-order chi connectivity index (χ0) is 18.7. The number of anilines is 1. The first-order chi connectivity index (χ1) is 12.5. The molecule has 1 unspecified atom stereocenters. The van der Waals surface area contributed by atoms with Crippen LogP contribution in [0.2, 0.25) is 0 Å². The highest BCUT2D eigenvalue weighted by atomic mass is 16.5. The predicted octanol–water partition coefficient (Wildman–Crippen LogP) is 3.27. The van der Waals surface area contributed by atoms with Crippen LogP contribution in [0.15, 0.2) is 48.5 Å². The second kappa shape index (κ2) is 7.60. The highest BCUT2D eigenvalue weighted by Gasteiger charge is 2.35. The highest BCUT2D eigenvalue weighted by Crippen LogP contribution is 2.24. The van der Waals surface area contributed by atoms with E-state index in [1.54, 1.807) is 22.8 Å². The molecular formula is C21H24N2O3. The molecule has 2 aromatic rings. The lowest BCUT2D eigenvalue weighted by Gasteiger charge is -2.39. The molecular weight excluding hydrogens is 328 g/mol. The SMILES string of the molecule is CCOc1ccc(N2CCN(C(=O)c3cccc(C)c3)C(C)C2=O)cc1. The van der Waals surface area contributed by atoms with Crippen molar-refractivity contribution in [3.8, 4) is 5.75 Å². The van der Waals surface area contributed by atoms with Crippen molar-refractivity contribution in [2.75, 3.05) is 24.6 Å². The van der Waals surface area contributed by atoms with Gasteiger partial charge in [0.2, 0.25) is 5.91 Å². The molecule has 0 spiro atoms. The number of carbonyl (C=O) groups is 2. The number of hydrogen-bond acceptors (Lipinski definition) is 3. The monoisotopic (exact) mass is 352 g/mol. The van der Waals surface area contributed by atoms with Gasteiger partial charge in [0.25, 0.3) is 5.91 Å². The molecule has 5 nitrogen and oxygen atoms in total. The van der Waals surface area contributed by atoms with E-state index in [9.17, 15) is 9.59 Å². The molecule has 1 aliphatic rings. The van der Waals surface area contributed by atoms with Gasteiger partial charge >= 0.3 is 0 Å². The maximum Gasteiger partial charge on any atom is 0.254 e. The third-order valence-corrected chi connectivity index (χ3v) is 4.64. The van der Waals surface area contributed by atoms with E-state index in [0.29, 0.717) is 25.3 Å². The first kappa shape index (κ1) is 18.0. The van der Waals surface area contributed by atoms with Crippen molar-refractivity contribution < 1.29 is 14.3 Å². The van der Waals surface area contributed by atoms with Crippen molar-refractivity contribution in [2.45, 2.75) is 26.8 Å². The molecule has 1 saturated heterocycles. The van der Waals surface area contributed by atoms with Crippen molar-refractivity contribution >= 4 is 17.5 Å². The zero-order valence-electron chi connectivity index (χ0n) is 15.4. The summed E-state index contributed by atoms with van der Waals surface area (Å²) in [6.07, 6.45) is 0. The molecule has 5 heteroatoms. The van der Waals surface area contributed by atoms with E-state index in [-0.39, 0.29) is 11.8 Å². The molecule has 1 aliphatic heterocycles. The van der Waals surface area contributed by atoms with E-state index in [1.807, 2.05) is 56.3 Å². The summed E-state index contributed by atoms with van der Waals surface area (Å²) in [7, 11) is 0. The number of piperazine rings is 1. The third kappa shape index (κ3) is 3.57. The van der Waals surface area contributed by atoms with Crippen LogP contribution in [-0.2, 0) is 4.79 Å². The summed E-state index contributed by atoms with van der Waals surface area (Å²) in [5, 5.41) is 0. The number of nitrogens with zero attached hydrogens (tertiary/aromatic N) is 2. The van der Waals surface area contributed by atoms with Crippen molar-refractivity contribution in [1.82, 2.24) is 4.90 Å². The Hall–Kier alpha value is -2.82. The standard InChI is InChI=1S/C21H24N2O3/c1-4-26-19-10-8-18(9-11-19)23-13-12-22(16(3)20(23)24)21(25)17-7-5-6-15(2)14-17/h5-11,14,16H,4,12-13H2,1-3H3. The Balaban J connectivity index is 1.75. The largest absolute Gasteiger partial charge is 0.494 e. The maximum absolute atomic E-state index is 12.9. The van der Waals surface area contributed by atoms with Gasteiger partial charge in [-0.1, -0.05) is 17.7 Å². The van der Waals surface area contributed by atoms with Crippen LogP contribution in [0.4, 0.5) is 5.69 Å². The molecule has 1 atom stereocenters. The Morgan fingerprint density at radius 1 is 1.15 bits per heavy atom. The Morgan fingerprint density at radius 2 is 1.88 bits per heavy atom. The van der Waals surface area contributed by atoms with Gasteiger partial charge in [-0.05, 0) is 57.2 Å². The van der Waals surface area contributed by atoms with E-state index >= 15 is 0 Å². The second-order valence-electron chi connectivity index (χ2n) is 6.46. The predicted molar refractivity (Wildman–Crippen MR) is 102 cm³/mol. The molecule has 2 aromatic carbocycles. The number of hydrogen-bond donors (Lipinski definition) is 0. The van der Waals surface area contributed by atoms with Crippen molar-refractivity contribution in [2.24, 2.45) is 0 Å². The van der Waals surface area contributed by atoms with Crippen LogP contribution < -0.4 is 9.64 Å². The number of ether oxygens (including phenoxy) is 1. The average Bonchev–Trinajstić information content (AvgIpc) is 2.64. The van der Waals surface area contributed by atoms with E-state index < -0.39 is 6.04 Å². The van der Waals surface area contributed by atoms with E-state index in [2.05, 4.69) is 0 Å². The smallest absolute Gasteiger partial charge is 0.254 e. The molecule has 0 radical (unpaired) electrons. The van der Waals surface area contributed by atoms with Gasteiger partial charge in [-0.25, -0.2) is 0 Å². The van der Waals surface area contributed by atoms with E-state index in [4.69, 9.17) is 4.74 Å².